The van der Waals surface area contributed by atoms with Crippen LogP contribution < -0.4 is 0 Å². The number of rotatable bonds is 5. The molecule has 0 aromatic carbocycles. The maximum absolute atomic E-state index is 9.98. The number of aliphatic hydroxyl groups is 1. The van der Waals surface area contributed by atoms with E-state index in [0.717, 1.165) is 25.9 Å². The van der Waals surface area contributed by atoms with Gasteiger partial charge in [0.15, 0.2) is 0 Å². The minimum atomic E-state index is -0.289. The summed E-state index contributed by atoms with van der Waals surface area (Å²) in [6.07, 6.45) is 5.17. The summed E-state index contributed by atoms with van der Waals surface area (Å²) in [5.74, 6) is 0.992. The maximum Gasteiger partial charge on any atom is 0.0805 e. The molecule has 1 aliphatic rings. The van der Waals surface area contributed by atoms with Gasteiger partial charge in [0.05, 0.1) is 12.7 Å². The van der Waals surface area contributed by atoms with Gasteiger partial charge >= 0.3 is 0 Å². The molecule has 0 saturated carbocycles. The van der Waals surface area contributed by atoms with Crippen LogP contribution in [0.2, 0.25) is 0 Å². The zero-order valence-electron chi connectivity index (χ0n) is 10.2. The van der Waals surface area contributed by atoms with Crippen LogP contribution in [0.4, 0.5) is 0 Å². The molecule has 0 aliphatic heterocycles. The van der Waals surface area contributed by atoms with Gasteiger partial charge in [-0.1, -0.05) is 25.5 Å². The van der Waals surface area contributed by atoms with Crippen LogP contribution in [0.3, 0.4) is 0 Å². The molecule has 1 aliphatic carbocycles. The highest BCUT2D eigenvalue weighted by atomic mass is 16.5. The Hall–Kier alpha value is -0.340. The summed E-state index contributed by atoms with van der Waals surface area (Å²) in [7, 11) is 0. The summed E-state index contributed by atoms with van der Waals surface area (Å²) in [5.41, 5.74) is 1.41. The van der Waals surface area contributed by atoms with E-state index in [9.17, 15) is 5.11 Å². The van der Waals surface area contributed by atoms with Gasteiger partial charge in [-0.2, -0.15) is 0 Å². The second kappa shape index (κ2) is 6.29. The van der Waals surface area contributed by atoms with Crippen molar-refractivity contribution < 1.29 is 9.84 Å². The average Bonchev–Trinajstić information content (AvgIpc) is 2.16. The molecule has 0 aromatic rings. The third kappa shape index (κ3) is 4.35. The Morgan fingerprint density at radius 3 is 2.93 bits per heavy atom. The molecule has 0 bridgehead atoms. The SMILES string of the molecule is CCCOCC(O)C1CC(C)=CC(C)C1. The lowest BCUT2D eigenvalue weighted by Crippen LogP contribution is -2.29. The van der Waals surface area contributed by atoms with Gasteiger partial charge in [0, 0.05) is 6.61 Å². The molecule has 0 radical (unpaired) electrons. The zero-order valence-corrected chi connectivity index (χ0v) is 10.2. The molecule has 0 amide bonds. The van der Waals surface area contributed by atoms with E-state index < -0.39 is 0 Å². The number of aliphatic hydroxyl groups excluding tert-OH is 1. The Morgan fingerprint density at radius 1 is 1.60 bits per heavy atom. The van der Waals surface area contributed by atoms with Gasteiger partial charge in [-0.15, -0.1) is 0 Å². The quantitative estimate of drug-likeness (QED) is 0.561. The monoisotopic (exact) mass is 212 g/mol. The fourth-order valence-electron chi connectivity index (χ4n) is 2.37. The lowest BCUT2D eigenvalue weighted by atomic mass is 9.81. The van der Waals surface area contributed by atoms with Crippen LogP contribution in [0, 0.1) is 11.8 Å². The molecule has 1 N–H and O–H groups in total. The third-order valence-electron chi connectivity index (χ3n) is 3.01. The topological polar surface area (TPSA) is 29.5 Å². The van der Waals surface area contributed by atoms with Crippen molar-refractivity contribution in [2.75, 3.05) is 13.2 Å². The van der Waals surface area contributed by atoms with E-state index in [1.54, 1.807) is 0 Å². The molecule has 2 nitrogen and oxygen atoms in total. The standard InChI is InChI=1S/C13H24O2/c1-4-5-15-9-13(14)12-7-10(2)6-11(3)8-12/h6,10,12-14H,4-5,7-9H2,1-3H3. The molecular weight excluding hydrogens is 188 g/mol. The Labute approximate surface area is 93.3 Å². The largest absolute Gasteiger partial charge is 0.390 e. The van der Waals surface area contributed by atoms with Crippen molar-refractivity contribution >= 4 is 0 Å². The van der Waals surface area contributed by atoms with Gasteiger partial charge in [0.25, 0.3) is 0 Å². The molecule has 3 unspecified atom stereocenters. The van der Waals surface area contributed by atoms with Crippen molar-refractivity contribution in [1.29, 1.82) is 0 Å². The van der Waals surface area contributed by atoms with Crippen molar-refractivity contribution in [3.63, 3.8) is 0 Å². The molecule has 1 rings (SSSR count). The molecule has 3 atom stereocenters. The summed E-state index contributed by atoms with van der Waals surface area (Å²) in [4.78, 5) is 0. The molecule has 0 saturated heterocycles. The summed E-state index contributed by atoms with van der Waals surface area (Å²) in [6, 6.07) is 0. The second-order valence-electron chi connectivity index (χ2n) is 4.83. The smallest absolute Gasteiger partial charge is 0.0805 e. The second-order valence-corrected chi connectivity index (χ2v) is 4.83. The first-order valence-corrected chi connectivity index (χ1v) is 6.06. The summed E-state index contributed by atoms with van der Waals surface area (Å²) < 4.78 is 5.40. The van der Waals surface area contributed by atoms with Gasteiger partial charge < -0.3 is 9.84 Å². The van der Waals surface area contributed by atoms with Gasteiger partial charge in [-0.25, -0.2) is 0 Å². The van der Waals surface area contributed by atoms with E-state index >= 15 is 0 Å². The van der Waals surface area contributed by atoms with Crippen LogP contribution >= 0.6 is 0 Å². The van der Waals surface area contributed by atoms with E-state index in [0.29, 0.717) is 18.4 Å². The Balaban J connectivity index is 2.33. The first-order valence-electron chi connectivity index (χ1n) is 6.06. The molecule has 0 fully saturated rings. The van der Waals surface area contributed by atoms with Crippen molar-refractivity contribution in [2.45, 2.75) is 46.1 Å². The molecule has 88 valence electrons. The summed E-state index contributed by atoms with van der Waals surface area (Å²) in [5, 5.41) is 9.98. The number of hydrogen-bond donors (Lipinski definition) is 1. The van der Waals surface area contributed by atoms with Crippen molar-refractivity contribution in [3.05, 3.63) is 11.6 Å². The van der Waals surface area contributed by atoms with Crippen LogP contribution in [0.15, 0.2) is 11.6 Å². The Bertz CT molecular complexity index is 211. The molecule has 0 spiro atoms. The summed E-state index contributed by atoms with van der Waals surface area (Å²) in [6.45, 7) is 7.71. The van der Waals surface area contributed by atoms with Crippen molar-refractivity contribution in [2.24, 2.45) is 11.8 Å². The van der Waals surface area contributed by atoms with E-state index in [1.807, 2.05) is 0 Å². The normalized spacial score (nSPS) is 28.7. The van der Waals surface area contributed by atoms with Gasteiger partial charge in [0.2, 0.25) is 0 Å². The molecule has 15 heavy (non-hydrogen) atoms. The highest BCUT2D eigenvalue weighted by molar-refractivity contribution is 5.07. The third-order valence-corrected chi connectivity index (χ3v) is 3.01. The first kappa shape index (κ1) is 12.7. The highest BCUT2D eigenvalue weighted by Gasteiger charge is 2.24. The minimum absolute atomic E-state index is 0.289. The Morgan fingerprint density at radius 2 is 2.33 bits per heavy atom. The van der Waals surface area contributed by atoms with E-state index in [2.05, 4.69) is 26.8 Å². The van der Waals surface area contributed by atoms with Crippen LogP contribution in [-0.2, 0) is 4.74 Å². The maximum atomic E-state index is 9.98. The lowest BCUT2D eigenvalue weighted by molar-refractivity contribution is -0.00100. The van der Waals surface area contributed by atoms with Crippen molar-refractivity contribution in [3.8, 4) is 0 Å². The van der Waals surface area contributed by atoms with E-state index in [-0.39, 0.29) is 6.10 Å². The van der Waals surface area contributed by atoms with Crippen LogP contribution in [-0.4, -0.2) is 24.4 Å². The number of allylic oxidation sites excluding steroid dienone is 2. The van der Waals surface area contributed by atoms with Crippen molar-refractivity contribution in [1.82, 2.24) is 0 Å². The van der Waals surface area contributed by atoms with Gasteiger partial charge in [-0.05, 0) is 38.0 Å². The van der Waals surface area contributed by atoms with E-state index in [4.69, 9.17) is 4.74 Å². The van der Waals surface area contributed by atoms with E-state index in [1.165, 1.54) is 5.57 Å². The Kier molecular flexibility index (Phi) is 5.34. The number of hydrogen-bond acceptors (Lipinski definition) is 2. The predicted molar refractivity (Wildman–Crippen MR) is 62.8 cm³/mol. The zero-order chi connectivity index (χ0) is 11.3. The highest BCUT2D eigenvalue weighted by Crippen LogP contribution is 2.30. The predicted octanol–water partition coefficient (Wildman–Crippen LogP) is 2.77. The molecule has 2 heteroatoms. The fourth-order valence-corrected chi connectivity index (χ4v) is 2.37. The average molecular weight is 212 g/mol. The lowest BCUT2D eigenvalue weighted by Gasteiger charge is -2.29. The molecule has 0 heterocycles. The molecule has 0 aromatic heterocycles. The van der Waals surface area contributed by atoms with Crippen LogP contribution in [0.5, 0.6) is 0 Å². The molecular formula is C13H24O2. The minimum Gasteiger partial charge on any atom is -0.390 e. The van der Waals surface area contributed by atoms with Crippen LogP contribution in [0.25, 0.3) is 0 Å². The first-order chi connectivity index (χ1) is 7.13. The number of ether oxygens (including phenoxy) is 1. The fraction of sp³-hybridized carbons (Fsp3) is 0.846. The summed E-state index contributed by atoms with van der Waals surface area (Å²) >= 11 is 0. The van der Waals surface area contributed by atoms with Gasteiger partial charge in [0.1, 0.15) is 0 Å². The van der Waals surface area contributed by atoms with Crippen LogP contribution in [0.1, 0.15) is 40.0 Å². The van der Waals surface area contributed by atoms with Gasteiger partial charge in [-0.3, -0.25) is 0 Å².